The Morgan fingerprint density at radius 1 is 1.32 bits per heavy atom. The maximum atomic E-state index is 12.9. The lowest BCUT2D eigenvalue weighted by Gasteiger charge is -2.27. The summed E-state index contributed by atoms with van der Waals surface area (Å²) in [6.45, 7) is 0. The van der Waals surface area contributed by atoms with Gasteiger partial charge in [-0.2, -0.15) is 8.78 Å². The number of hydrogen-bond acceptors (Lipinski definition) is 1. The number of carbonyl (C=O) groups is 1. The molecule has 0 radical (unpaired) electrons. The number of nitrogens with one attached hydrogen (secondary N) is 1. The van der Waals surface area contributed by atoms with Crippen LogP contribution in [0, 0.1) is 0 Å². The number of hydrogen-bond donors (Lipinski definition) is 1. The number of rotatable bonds is 3. The maximum absolute atomic E-state index is 12.9. The molecule has 0 aromatic heterocycles. The van der Waals surface area contributed by atoms with Crippen LogP contribution in [0.5, 0.6) is 0 Å². The minimum Gasteiger partial charge on any atom is -0.344 e. The van der Waals surface area contributed by atoms with Gasteiger partial charge in [-0.25, -0.2) is 8.78 Å². The number of carbonyl (C=O) groups excluding carboxylic acids is 1. The SMILES string of the molecule is O=C(NC1CCCc2ccccc21)C(F)(F)C(F)F. The number of amides is 1. The summed E-state index contributed by atoms with van der Waals surface area (Å²) in [6.07, 6.45) is -2.00. The zero-order valence-corrected chi connectivity index (χ0v) is 10.0. The third-order valence-electron chi connectivity index (χ3n) is 3.25. The number of aryl methyl sites for hydroxylation is 1. The van der Waals surface area contributed by atoms with Crippen molar-refractivity contribution in [1.29, 1.82) is 0 Å². The van der Waals surface area contributed by atoms with E-state index < -0.39 is 24.3 Å². The summed E-state index contributed by atoms with van der Waals surface area (Å²) >= 11 is 0. The van der Waals surface area contributed by atoms with E-state index >= 15 is 0 Å². The monoisotopic (exact) mass is 275 g/mol. The summed E-state index contributed by atoms with van der Waals surface area (Å²) in [7, 11) is 0. The van der Waals surface area contributed by atoms with E-state index in [2.05, 4.69) is 0 Å². The van der Waals surface area contributed by atoms with Gasteiger partial charge in [-0.1, -0.05) is 24.3 Å². The molecule has 1 aliphatic rings. The Kier molecular flexibility index (Phi) is 3.78. The van der Waals surface area contributed by atoms with Crippen LogP contribution in [0.1, 0.15) is 30.0 Å². The highest BCUT2D eigenvalue weighted by molar-refractivity contribution is 5.84. The third-order valence-corrected chi connectivity index (χ3v) is 3.25. The molecule has 6 heteroatoms. The first-order valence-electron chi connectivity index (χ1n) is 5.97. The molecule has 0 heterocycles. The average Bonchev–Trinajstić information content (AvgIpc) is 2.39. The van der Waals surface area contributed by atoms with E-state index in [0.717, 1.165) is 24.0 Å². The van der Waals surface area contributed by atoms with E-state index in [-0.39, 0.29) is 0 Å². The minimum absolute atomic E-state index is 0.474. The van der Waals surface area contributed by atoms with Crippen LogP contribution in [-0.4, -0.2) is 18.3 Å². The van der Waals surface area contributed by atoms with Crippen molar-refractivity contribution in [2.24, 2.45) is 0 Å². The van der Waals surface area contributed by atoms with Crippen LogP contribution in [0.25, 0.3) is 0 Å². The lowest BCUT2D eigenvalue weighted by atomic mass is 9.87. The van der Waals surface area contributed by atoms with Crippen molar-refractivity contribution in [3.63, 3.8) is 0 Å². The van der Waals surface area contributed by atoms with Crippen LogP contribution < -0.4 is 5.32 Å². The summed E-state index contributed by atoms with van der Waals surface area (Å²) in [5.41, 5.74) is 1.69. The largest absolute Gasteiger partial charge is 0.383 e. The van der Waals surface area contributed by atoms with E-state index in [0.29, 0.717) is 6.42 Å². The Labute approximate surface area is 107 Å². The molecule has 0 fully saturated rings. The quantitative estimate of drug-likeness (QED) is 0.844. The first-order chi connectivity index (χ1) is 8.93. The van der Waals surface area contributed by atoms with Gasteiger partial charge in [-0.05, 0) is 30.4 Å². The van der Waals surface area contributed by atoms with Gasteiger partial charge >= 0.3 is 12.3 Å². The zero-order valence-electron chi connectivity index (χ0n) is 10.0. The number of benzene rings is 1. The van der Waals surface area contributed by atoms with Crippen LogP contribution in [-0.2, 0) is 11.2 Å². The van der Waals surface area contributed by atoms with Gasteiger partial charge < -0.3 is 5.32 Å². The minimum atomic E-state index is -4.65. The van der Waals surface area contributed by atoms with E-state index in [1.54, 1.807) is 12.1 Å². The normalized spacial score (nSPS) is 19.1. The third kappa shape index (κ3) is 2.72. The summed E-state index contributed by atoms with van der Waals surface area (Å²) in [4.78, 5) is 11.2. The molecule has 0 aliphatic heterocycles. The Morgan fingerprint density at radius 3 is 2.68 bits per heavy atom. The van der Waals surface area contributed by atoms with Crippen molar-refractivity contribution in [2.45, 2.75) is 37.7 Å². The van der Waals surface area contributed by atoms with Crippen molar-refractivity contribution >= 4 is 5.91 Å². The molecule has 0 spiro atoms. The van der Waals surface area contributed by atoms with Gasteiger partial charge in [0.05, 0.1) is 6.04 Å². The molecular weight excluding hydrogens is 262 g/mol. The Hall–Kier alpha value is -1.59. The van der Waals surface area contributed by atoms with Gasteiger partial charge in [-0.15, -0.1) is 0 Å². The Bertz CT molecular complexity index is 475. The van der Waals surface area contributed by atoms with Crippen molar-refractivity contribution in [3.8, 4) is 0 Å². The molecule has 1 aromatic rings. The van der Waals surface area contributed by atoms with E-state index in [1.165, 1.54) is 0 Å². The number of fused-ring (bicyclic) bond motifs is 1. The second kappa shape index (κ2) is 5.19. The highest BCUT2D eigenvalue weighted by atomic mass is 19.3. The standard InChI is InChI=1S/C13H13F4NO/c14-11(15)13(16,17)12(19)18-10-7-3-5-8-4-1-2-6-9(8)10/h1-2,4,6,10-11H,3,5,7H2,(H,18,19). The molecule has 2 rings (SSSR count). The molecule has 1 aromatic carbocycles. The van der Waals surface area contributed by atoms with Crippen molar-refractivity contribution < 1.29 is 22.4 Å². The van der Waals surface area contributed by atoms with Gasteiger partial charge in [0.15, 0.2) is 0 Å². The lowest BCUT2D eigenvalue weighted by Crippen LogP contribution is -2.46. The fourth-order valence-corrected chi connectivity index (χ4v) is 2.26. The highest BCUT2D eigenvalue weighted by Gasteiger charge is 2.49. The number of halogens is 4. The fourth-order valence-electron chi connectivity index (χ4n) is 2.26. The van der Waals surface area contributed by atoms with Crippen LogP contribution in [0.15, 0.2) is 24.3 Å². The van der Waals surface area contributed by atoms with Gasteiger partial charge in [-0.3, -0.25) is 4.79 Å². The van der Waals surface area contributed by atoms with Crippen molar-refractivity contribution in [1.82, 2.24) is 5.32 Å². The average molecular weight is 275 g/mol. The summed E-state index contributed by atoms with van der Waals surface area (Å²) in [5.74, 6) is -6.56. The summed E-state index contributed by atoms with van der Waals surface area (Å²) in [6, 6.07) is 6.49. The Balaban J connectivity index is 2.15. The molecule has 1 atom stereocenters. The van der Waals surface area contributed by atoms with Gasteiger partial charge in [0.2, 0.25) is 0 Å². The molecule has 0 saturated heterocycles. The first-order valence-corrected chi connectivity index (χ1v) is 5.97. The smallest absolute Gasteiger partial charge is 0.344 e. The van der Waals surface area contributed by atoms with Crippen molar-refractivity contribution in [2.75, 3.05) is 0 Å². The second-order valence-electron chi connectivity index (χ2n) is 4.54. The Morgan fingerprint density at radius 2 is 2.00 bits per heavy atom. The molecular formula is C13H13F4NO. The van der Waals surface area contributed by atoms with Crippen LogP contribution in [0.4, 0.5) is 17.6 Å². The maximum Gasteiger partial charge on any atom is 0.383 e. The van der Waals surface area contributed by atoms with Crippen LogP contribution in [0.3, 0.4) is 0 Å². The van der Waals surface area contributed by atoms with E-state index in [4.69, 9.17) is 0 Å². The summed E-state index contributed by atoms with van der Waals surface area (Å²) in [5, 5.41) is 2.03. The molecule has 19 heavy (non-hydrogen) atoms. The topological polar surface area (TPSA) is 29.1 Å². The fraction of sp³-hybridized carbons (Fsp3) is 0.462. The van der Waals surface area contributed by atoms with E-state index in [1.807, 2.05) is 17.4 Å². The molecule has 1 N–H and O–H groups in total. The predicted octanol–water partition coefficient (Wildman–Crippen LogP) is 3.08. The molecule has 1 aliphatic carbocycles. The van der Waals surface area contributed by atoms with Crippen molar-refractivity contribution in [3.05, 3.63) is 35.4 Å². The molecule has 1 unspecified atom stereocenters. The molecule has 0 bridgehead atoms. The molecule has 0 saturated carbocycles. The highest BCUT2D eigenvalue weighted by Crippen LogP contribution is 2.31. The predicted molar refractivity (Wildman–Crippen MR) is 61.2 cm³/mol. The second-order valence-corrected chi connectivity index (χ2v) is 4.54. The zero-order chi connectivity index (χ0) is 14.0. The molecule has 2 nitrogen and oxygen atoms in total. The van der Waals surface area contributed by atoms with Gasteiger partial charge in [0, 0.05) is 0 Å². The van der Waals surface area contributed by atoms with Crippen LogP contribution >= 0.6 is 0 Å². The van der Waals surface area contributed by atoms with Gasteiger partial charge in [0.1, 0.15) is 0 Å². The number of alkyl halides is 4. The first kappa shape index (κ1) is 13.8. The van der Waals surface area contributed by atoms with Crippen LogP contribution in [0.2, 0.25) is 0 Å². The molecule has 104 valence electrons. The molecule has 1 amide bonds. The summed E-state index contributed by atoms with van der Waals surface area (Å²) < 4.78 is 50.0. The van der Waals surface area contributed by atoms with E-state index in [9.17, 15) is 22.4 Å². The lowest BCUT2D eigenvalue weighted by molar-refractivity contribution is -0.170. The van der Waals surface area contributed by atoms with Gasteiger partial charge in [0.25, 0.3) is 5.91 Å².